The van der Waals surface area contributed by atoms with Crippen LogP contribution in [-0.2, 0) is 6.42 Å². The maximum absolute atomic E-state index is 5.42. The molecule has 0 saturated carbocycles. The molecule has 6 nitrogen and oxygen atoms in total. The Hall–Kier alpha value is -2.73. The highest BCUT2D eigenvalue weighted by Crippen LogP contribution is 2.23. The van der Waals surface area contributed by atoms with E-state index in [9.17, 15) is 0 Å². The summed E-state index contributed by atoms with van der Waals surface area (Å²) in [6.45, 7) is 2.05. The maximum Gasteiger partial charge on any atom is 0.259 e. The summed E-state index contributed by atoms with van der Waals surface area (Å²) < 4.78 is 5.42. The van der Waals surface area contributed by atoms with Gasteiger partial charge in [-0.1, -0.05) is 35.5 Å². The number of pyridine rings is 1. The van der Waals surface area contributed by atoms with Crippen molar-refractivity contribution in [2.45, 2.75) is 18.9 Å². The summed E-state index contributed by atoms with van der Waals surface area (Å²) in [5.74, 6) is 2.20. The van der Waals surface area contributed by atoms with E-state index < -0.39 is 0 Å². The molecular formula is C20H23N5O. The number of nitrogens with zero attached hydrogens (tertiary/aromatic N) is 5. The quantitative estimate of drug-likeness (QED) is 0.706. The van der Waals surface area contributed by atoms with Crippen LogP contribution in [0.3, 0.4) is 0 Å². The van der Waals surface area contributed by atoms with E-state index in [1.807, 2.05) is 36.5 Å². The summed E-state index contributed by atoms with van der Waals surface area (Å²) >= 11 is 0. The highest BCUT2D eigenvalue weighted by Gasteiger charge is 2.24. The summed E-state index contributed by atoms with van der Waals surface area (Å²) in [6, 6.07) is 14.8. The van der Waals surface area contributed by atoms with Gasteiger partial charge in [-0.15, -0.1) is 0 Å². The molecule has 3 aromatic rings. The molecule has 0 spiro atoms. The molecule has 134 valence electrons. The third kappa shape index (κ3) is 3.60. The first-order valence-corrected chi connectivity index (χ1v) is 8.93. The van der Waals surface area contributed by atoms with Gasteiger partial charge in [-0.05, 0) is 38.2 Å². The molecule has 2 aromatic heterocycles. The highest BCUT2D eigenvalue weighted by molar-refractivity contribution is 5.55. The van der Waals surface area contributed by atoms with E-state index in [2.05, 4.69) is 51.2 Å². The Morgan fingerprint density at radius 1 is 1.15 bits per heavy atom. The third-order valence-corrected chi connectivity index (χ3v) is 4.89. The Kier molecular flexibility index (Phi) is 4.67. The second kappa shape index (κ2) is 7.25. The van der Waals surface area contributed by atoms with Gasteiger partial charge in [0, 0.05) is 31.7 Å². The van der Waals surface area contributed by atoms with Gasteiger partial charge in [-0.3, -0.25) is 0 Å². The minimum Gasteiger partial charge on any atom is -0.355 e. The van der Waals surface area contributed by atoms with E-state index in [1.54, 1.807) is 0 Å². The molecule has 1 atom stereocenters. The van der Waals surface area contributed by atoms with E-state index in [0.29, 0.717) is 24.2 Å². The molecule has 0 N–H and O–H groups in total. The molecule has 0 bridgehead atoms. The van der Waals surface area contributed by atoms with Crippen LogP contribution in [0.5, 0.6) is 0 Å². The van der Waals surface area contributed by atoms with Crippen LogP contribution in [0.2, 0.25) is 0 Å². The molecule has 4 rings (SSSR count). The number of rotatable bonds is 5. The number of benzene rings is 1. The number of anilines is 1. The zero-order valence-electron chi connectivity index (χ0n) is 15.2. The molecule has 3 heterocycles. The zero-order chi connectivity index (χ0) is 17.9. The van der Waals surface area contributed by atoms with Crippen molar-refractivity contribution in [1.29, 1.82) is 0 Å². The normalized spacial score (nSPS) is 17.2. The number of likely N-dealkylation sites (N-methyl/N-ethyl adjacent to an activating group) is 1. The standard InChI is InChI=1S/C20H23N5O/c1-24(2)17-10-11-25(14-17)19-9-8-16(13-21-19)20-22-18(23-26-20)12-15-6-4-3-5-7-15/h3-9,13,17H,10-12,14H2,1-2H3. The minimum absolute atomic E-state index is 0.516. The lowest BCUT2D eigenvalue weighted by molar-refractivity contribution is 0.315. The molecule has 0 amide bonds. The summed E-state index contributed by atoms with van der Waals surface area (Å²) in [7, 11) is 4.26. The van der Waals surface area contributed by atoms with Gasteiger partial charge in [0.25, 0.3) is 5.89 Å². The molecule has 1 aliphatic heterocycles. The third-order valence-electron chi connectivity index (χ3n) is 4.89. The predicted molar refractivity (Wildman–Crippen MR) is 101 cm³/mol. The van der Waals surface area contributed by atoms with Gasteiger partial charge < -0.3 is 14.3 Å². The molecule has 0 radical (unpaired) electrons. The van der Waals surface area contributed by atoms with Gasteiger partial charge in [-0.25, -0.2) is 4.98 Å². The predicted octanol–water partition coefficient (Wildman–Crippen LogP) is 2.86. The smallest absolute Gasteiger partial charge is 0.259 e. The Bertz CT molecular complexity index is 844. The van der Waals surface area contributed by atoms with E-state index in [-0.39, 0.29) is 0 Å². The van der Waals surface area contributed by atoms with E-state index >= 15 is 0 Å². The van der Waals surface area contributed by atoms with Crippen LogP contribution in [0.15, 0.2) is 53.2 Å². The fraction of sp³-hybridized carbons (Fsp3) is 0.350. The van der Waals surface area contributed by atoms with Gasteiger partial charge in [0.05, 0.1) is 5.56 Å². The molecule has 1 saturated heterocycles. The number of hydrogen-bond acceptors (Lipinski definition) is 6. The lowest BCUT2D eigenvalue weighted by Gasteiger charge is -2.21. The Balaban J connectivity index is 1.44. The highest BCUT2D eigenvalue weighted by atomic mass is 16.5. The van der Waals surface area contributed by atoms with Crippen LogP contribution in [0.1, 0.15) is 17.8 Å². The first-order chi connectivity index (χ1) is 12.7. The van der Waals surface area contributed by atoms with Gasteiger partial charge in [-0.2, -0.15) is 4.98 Å². The SMILES string of the molecule is CN(C)C1CCN(c2ccc(-c3nc(Cc4ccccc4)no3)cn2)C1. The molecule has 1 fully saturated rings. The van der Waals surface area contributed by atoms with Gasteiger partial charge >= 0.3 is 0 Å². The van der Waals surface area contributed by atoms with Gasteiger partial charge in [0.15, 0.2) is 5.82 Å². The molecule has 1 aliphatic rings. The summed E-state index contributed by atoms with van der Waals surface area (Å²) in [5.41, 5.74) is 2.02. The lowest BCUT2D eigenvalue weighted by Crippen LogP contribution is -2.31. The second-order valence-corrected chi connectivity index (χ2v) is 6.94. The lowest BCUT2D eigenvalue weighted by atomic mass is 10.1. The Morgan fingerprint density at radius 2 is 2.00 bits per heavy atom. The zero-order valence-corrected chi connectivity index (χ0v) is 15.2. The van der Waals surface area contributed by atoms with Gasteiger partial charge in [0.1, 0.15) is 5.82 Å². The van der Waals surface area contributed by atoms with Crippen molar-refractivity contribution in [1.82, 2.24) is 20.0 Å². The average molecular weight is 349 g/mol. The monoisotopic (exact) mass is 349 g/mol. The number of hydrogen-bond donors (Lipinski definition) is 0. The van der Waals surface area contributed by atoms with Crippen molar-refractivity contribution in [2.24, 2.45) is 0 Å². The first kappa shape index (κ1) is 16.7. The molecule has 1 unspecified atom stereocenters. The van der Waals surface area contributed by atoms with Crippen LogP contribution in [0.4, 0.5) is 5.82 Å². The van der Waals surface area contributed by atoms with Crippen molar-refractivity contribution in [3.63, 3.8) is 0 Å². The van der Waals surface area contributed by atoms with E-state index in [4.69, 9.17) is 4.52 Å². The minimum atomic E-state index is 0.516. The summed E-state index contributed by atoms with van der Waals surface area (Å²) in [4.78, 5) is 13.7. The second-order valence-electron chi connectivity index (χ2n) is 6.94. The summed E-state index contributed by atoms with van der Waals surface area (Å²) in [6.07, 6.45) is 3.65. The van der Waals surface area contributed by atoms with Crippen LogP contribution in [-0.4, -0.2) is 53.3 Å². The Labute approximate surface area is 153 Å². The molecule has 1 aromatic carbocycles. The van der Waals surface area contributed by atoms with Gasteiger partial charge in [0.2, 0.25) is 0 Å². The average Bonchev–Trinajstić information content (AvgIpc) is 3.32. The fourth-order valence-electron chi connectivity index (χ4n) is 3.29. The van der Waals surface area contributed by atoms with Crippen LogP contribution < -0.4 is 4.90 Å². The van der Waals surface area contributed by atoms with E-state index in [0.717, 1.165) is 30.0 Å². The van der Waals surface area contributed by atoms with E-state index in [1.165, 1.54) is 6.42 Å². The van der Waals surface area contributed by atoms with Crippen LogP contribution in [0.25, 0.3) is 11.5 Å². The molecule has 26 heavy (non-hydrogen) atoms. The molecular weight excluding hydrogens is 326 g/mol. The van der Waals surface area contributed by atoms with Crippen molar-refractivity contribution < 1.29 is 4.52 Å². The van der Waals surface area contributed by atoms with Crippen molar-refractivity contribution in [3.05, 3.63) is 60.0 Å². The van der Waals surface area contributed by atoms with Crippen molar-refractivity contribution in [2.75, 3.05) is 32.1 Å². The summed E-state index contributed by atoms with van der Waals surface area (Å²) in [5, 5.41) is 4.09. The van der Waals surface area contributed by atoms with Crippen molar-refractivity contribution in [3.8, 4) is 11.5 Å². The largest absolute Gasteiger partial charge is 0.355 e. The molecule has 0 aliphatic carbocycles. The van der Waals surface area contributed by atoms with Crippen LogP contribution in [0, 0.1) is 0 Å². The molecule has 6 heteroatoms. The first-order valence-electron chi connectivity index (χ1n) is 8.93. The van der Waals surface area contributed by atoms with Crippen LogP contribution >= 0.6 is 0 Å². The Morgan fingerprint density at radius 3 is 2.69 bits per heavy atom. The topological polar surface area (TPSA) is 58.3 Å². The maximum atomic E-state index is 5.42. The van der Waals surface area contributed by atoms with Crippen molar-refractivity contribution >= 4 is 5.82 Å². The fourth-order valence-corrected chi connectivity index (χ4v) is 3.29. The number of aromatic nitrogens is 3.